The standard InChI is InChI=1S/C22H18ClN5O2/c1-2-20(30)27-6-8-28(9-7-27)22-16-10-17(23)15(11-18(16)25-13-26-22)21-14(12-24)4-3-5-19(21)29/h2-5,10-11,13,29H,1,6-9H2. The number of phenols is 1. The number of amides is 1. The van der Waals surface area contributed by atoms with E-state index in [0.717, 1.165) is 11.2 Å². The Balaban J connectivity index is 1.75. The number of carbonyl (C=O) groups excluding carboxylic acids is 1. The van der Waals surface area contributed by atoms with E-state index in [2.05, 4.69) is 27.5 Å². The van der Waals surface area contributed by atoms with E-state index in [1.165, 1.54) is 18.5 Å². The molecule has 1 amide bonds. The van der Waals surface area contributed by atoms with Crippen LogP contribution in [0.15, 0.2) is 49.3 Å². The summed E-state index contributed by atoms with van der Waals surface area (Å²) in [5.74, 6) is 0.635. The number of nitriles is 1. The molecular weight excluding hydrogens is 402 g/mol. The van der Waals surface area contributed by atoms with Crippen LogP contribution in [-0.2, 0) is 4.79 Å². The van der Waals surface area contributed by atoms with Crippen molar-refractivity contribution < 1.29 is 9.90 Å². The van der Waals surface area contributed by atoms with E-state index in [9.17, 15) is 15.2 Å². The summed E-state index contributed by atoms with van der Waals surface area (Å²) in [6.07, 6.45) is 2.80. The topological polar surface area (TPSA) is 93.3 Å². The number of nitrogens with zero attached hydrogens (tertiary/aromatic N) is 5. The van der Waals surface area contributed by atoms with E-state index >= 15 is 0 Å². The smallest absolute Gasteiger partial charge is 0.246 e. The number of piperazine rings is 1. The molecule has 1 aliphatic heterocycles. The van der Waals surface area contributed by atoms with Gasteiger partial charge in [-0.05, 0) is 30.3 Å². The number of anilines is 1. The number of aromatic hydroxyl groups is 1. The molecule has 1 N–H and O–H groups in total. The van der Waals surface area contributed by atoms with E-state index in [1.807, 2.05) is 0 Å². The second-order valence-corrected chi connectivity index (χ2v) is 7.28. The Hall–Kier alpha value is -3.63. The van der Waals surface area contributed by atoms with E-state index in [-0.39, 0.29) is 11.7 Å². The maximum Gasteiger partial charge on any atom is 0.246 e. The van der Waals surface area contributed by atoms with Gasteiger partial charge in [-0.2, -0.15) is 5.26 Å². The van der Waals surface area contributed by atoms with E-state index in [1.54, 1.807) is 29.2 Å². The second kappa shape index (κ2) is 8.01. The lowest BCUT2D eigenvalue weighted by Gasteiger charge is -2.35. The fourth-order valence-corrected chi connectivity index (χ4v) is 3.95. The third-order valence-corrected chi connectivity index (χ3v) is 5.51. The fraction of sp³-hybridized carbons (Fsp3) is 0.182. The van der Waals surface area contributed by atoms with Crippen molar-refractivity contribution >= 4 is 34.2 Å². The summed E-state index contributed by atoms with van der Waals surface area (Å²) in [5, 5.41) is 20.9. The molecule has 0 radical (unpaired) electrons. The molecule has 7 nitrogen and oxygen atoms in total. The maximum absolute atomic E-state index is 11.8. The van der Waals surface area contributed by atoms with Gasteiger partial charge in [0.2, 0.25) is 5.91 Å². The Labute approximate surface area is 178 Å². The highest BCUT2D eigenvalue weighted by Gasteiger charge is 2.23. The first-order chi connectivity index (χ1) is 14.5. The highest BCUT2D eigenvalue weighted by molar-refractivity contribution is 6.34. The van der Waals surface area contributed by atoms with Gasteiger partial charge in [0, 0.05) is 47.7 Å². The third kappa shape index (κ3) is 3.42. The predicted octanol–water partition coefficient (Wildman–Crippen LogP) is 3.36. The van der Waals surface area contributed by atoms with Gasteiger partial charge >= 0.3 is 0 Å². The van der Waals surface area contributed by atoms with Gasteiger partial charge < -0.3 is 14.9 Å². The summed E-state index contributed by atoms with van der Waals surface area (Å²) in [6.45, 7) is 5.94. The summed E-state index contributed by atoms with van der Waals surface area (Å²) in [5.41, 5.74) is 1.89. The van der Waals surface area contributed by atoms with Crippen molar-refractivity contribution in [1.82, 2.24) is 14.9 Å². The van der Waals surface area contributed by atoms with Crippen LogP contribution < -0.4 is 4.90 Å². The number of fused-ring (bicyclic) bond motifs is 1. The van der Waals surface area contributed by atoms with Crippen LogP contribution in [0.5, 0.6) is 5.75 Å². The fourth-order valence-electron chi connectivity index (χ4n) is 3.69. The van der Waals surface area contributed by atoms with E-state index in [0.29, 0.717) is 53.4 Å². The molecule has 4 rings (SSSR count). The van der Waals surface area contributed by atoms with Crippen molar-refractivity contribution in [3.8, 4) is 22.9 Å². The number of hydrogen-bond donors (Lipinski definition) is 1. The Morgan fingerprint density at radius 1 is 1.23 bits per heavy atom. The van der Waals surface area contributed by atoms with Crippen LogP contribution >= 0.6 is 11.6 Å². The zero-order valence-corrected chi connectivity index (χ0v) is 16.8. The minimum Gasteiger partial charge on any atom is -0.507 e. The zero-order chi connectivity index (χ0) is 21.3. The van der Waals surface area contributed by atoms with Gasteiger partial charge in [-0.25, -0.2) is 9.97 Å². The van der Waals surface area contributed by atoms with Crippen LogP contribution in [0.3, 0.4) is 0 Å². The summed E-state index contributed by atoms with van der Waals surface area (Å²) < 4.78 is 0. The molecular formula is C22H18ClN5O2. The Morgan fingerprint density at radius 2 is 2.00 bits per heavy atom. The molecule has 2 aromatic carbocycles. The lowest BCUT2D eigenvalue weighted by molar-refractivity contribution is -0.126. The molecule has 150 valence electrons. The van der Waals surface area contributed by atoms with Crippen molar-refractivity contribution in [2.24, 2.45) is 0 Å². The van der Waals surface area contributed by atoms with E-state index in [4.69, 9.17) is 11.6 Å². The molecule has 8 heteroatoms. The Morgan fingerprint density at radius 3 is 2.70 bits per heavy atom. The first kappa shape index (κ1) is 19.7. The van der Waals surface area contributed by atoms with Gasteiger partial charge in [-0.15, -0.1) is 0 Å². The molecule has 0 bridgehead atoms. The van der Waals surface area contributed by atoms with Gasteiger partial charge in [-0.3, -0.25) is 4.79 Å². The number of aromatic nitrogens is 2. The number of hydrogen-bond acceptors (Lipinski definition) is 6. The molecule has 30 heavy (non-hydrogen) atoms. The number of rotatable bonds is 3. The third-order valence-electron chi connectivity index (χ3n) is 5.20. The van der Waals surface area contributed by atoms with Crippen molar-refractivity contribution in [2.45, 2.75) is 0 Å². The molecule has 1 aliphatic rings. The monoisotopic (exact) mass is 419 g/mol. The predicted molar refractivity (Wildman–Crippen MR) is 115 cm³/mol. The molecule has 0 saturated carbocycles. The molecule has 0 spiro atoms. The Bertz CT molecular complexity index is 1200. The lowest BCUT2D eigenvalue weighted by Crippen LogP contribution is -2.48. The number of halogens is 1. The average Bonchev–Trinajstić information content (AvgIpc) is 2.78. The van der Waals surface area contributed by atoms with Gasteiger partial charge in [0.25, 0.3) is 0 Å². The van der Waals surface area contributed by atoms with Crippen LogP contribution in [-0.4, -0.2) is 52.1 Å². The van der Waals surface area contributed by atoms with Crippen LogP contribution in [0.1, 0.15) is 5.56 Å². The largest absolute Gasteiger partial charge is 0.507 e. The van der Waals surface area contributed by atoms with Gasteiger partial charge in [0.05, 0.1) is 17.1 Å². The van der Waals surface area contributed by atoms with E-state index < -0.39 is 0 Å². The van der Waals surface area contributed by atoms with Crippen LogP contribution in [0.4, 0.5) is 5.82 Å². The number of carbonyl (C=O) groups is 1. The minimum absolute atomic E-state index is 0.0208. The minimum atomic E-state index is -0.0779. The average molecular weight is 420 g/mol. The SMILES string of the molecule is C=CC(=O)N1CCN(c2ncnc3cc(-c4c(O)cccc4C#N)c(Cl)cc23)CC1. The summed E-state index contributed by atoms with van der Waals surface area (Å²) in [6, 6.07) is 10.4. The summed E-state index contributed by atoms with van der Waals surface area (Å²) in [7, 11) is 0. The van der Waals surface area contributed by atoms with Crippen LogP contribution in [0.2, 0.25) is 5.02 Å². The number of benzene rings is 2. The van der Waals surface area contributed by atoms with Gasteiger partial charge in [0.1, 0.15) is 17.9 Å². The highest BCUT2D eigenvalue weighted by atomic mass is 35.5. The van der Waals surface area contributed by atoms with Crippen molar-refractivity contribution in [2.75, 3.05) is 31.1 Å². The second-order valence-electron chi connectivity index (χ2n) is 6.87. The molecule has 1 fully saturated rings. The first-order valence-corrected chi connectivity index (χ1v) is 9.74. The first-order valence-electron chi connectivity index (χ1n) is 9.36. The lowest BCUT2D eigenvalue weighted by atomic mass is 9.98. The maximum atomic E-state index is 11.8. The summed E-state index contributed by atoms with van der Waals surface area (Å²) >= 11 is 6.57. The normalized spacial score (nSPS) is 13.9. The number of phenolic OH excluding ortho intramolecular Hbond substituents is 1. The van der Waals surface area contributed by atoms with Crippen LogP contribution in [0, 0.1) is 11.3 Å². The molecule has 1 aromatic heterocycles. The molecule has 0 unspecified atom stereocenters. The van der Waals surface area contributed by atoms with Crippen molar-refractivity contribution in [1.29, 1.82) is 5.26 Å². The molecule has 0 aliphatic carbocycles. The quantitative estimate of drug-likeness (QED) is 0.654. The zero-order valence-electron chi connectivity index (χ0n) is 16.0. The van der Waals surface area contributed by atoms with Crippen molar-refractivity contribution in [3.05, 3.63) is 59.9 Å². The highest BCUT2D eigenvalue weighted by Crippen LogP contribution is 2.40. The molecule has 2 heterocycles. The molecule has 0 atom stereocenters. The Kier molecular flexibility index (Phi) is 5.25. The van der Waals surface area contributed by atoms with Crippen LogP contribution in [0.25, 0.3) is 22.0 Å². The van der Waals surface area contributed by atoms with Gasteiger partial charge in [0.15, 0.2) is 0 Å². The van der Waals surface area contributed by atoms with Gasteiger partial charge in [-0.1, -0.05) is 24.2 Å². The van der Waals surface area contributed by atoms with Crippen molar-refractivity contribution in [3.63, 3.8) is 0 Å². The summed E-state index contributed by atoms with van der Waals surface area (Å²) in [4.78, 5) is 24.5. The molecule has 1 saturated heterocycles. The molecule has 3 aromatic rings.